The molecule has 2 aliphatic rings. The molecule has 1 aliphatic carbocycles. The lowest BCUT2D eigenvalue weighted by molar-refractivity contribution is -0.124. The fraction of sp³-hybridized carbons (Fsp3) is 0.522. The molecule has 1 heterocycles. The average molecular weight is 395 g/mol. The van der Waals surface area contributed by atoms with E-state index in [1.165, 1.54) is 30.2 Å². The summed E-state index contributed by atoms with van der Waals surface area (Å²) in [6.07, 6.45) is 8.16. The van der Waals surface area contributed by atoms with Gasteiger partial charge in [-0.15, -0.1) is 0 Å². The lowest BCUT2D eigenvalue weighted by atomic mass is 9.88. The van der Waals surface area contributed by atoms with Crippen LogP contribution in [0, 0.1) is 17.2 Å². The Morgan fingerprint density at radius 2 is 1.97 bits per heavy atom. The number of nitrogens with zero attached hydrogens (tertiary/aromatic N) is 1. The molecular weight excluding hydrogens is 364 g/mol. The molecule has 0 radical (unpaired) electrons. The first-order chi connectivity index (χ1) is 14.1. The second kappa shape index (κ2) is 10.2. The summed E-state index contributed by atoms with van der Waals surface area (Å²) in [7, 11) is 0. The highest BCUT2D eigenvalue weighted by Crippen LogP contribution is 2.26. The summed E-state index contributed by atoms with van der Waals surface area (Å²) in [5.41, 5.74) is 3.76. The average Bonchev–Trinajstić information content (AvgIpc) is 2.78. The highest BCUT2D eigenvalue weighted by Gasteiger charge is 2.22. The number of nitrogens with one attached hydrogen (secondary N) is 3. The van der Waals surface area contributed by atoms with E-state index < -0.39 is 5.91 Å². The molecule has 0 aromatic heterocycles. The number of fused-ring (bicyclic) bond motifs is 1. The fourth-order valence-electron chi connectivity index (χ4n) is 4.12. The van der Waals surface area contributed by atoms with E-state index in [-0.39, 0.29) is 23.4 Å². The Kier molecular flexibility index (Phi) is 7.42. The molecule has 2 amide bonds. The van der Waals surface area contributed by atoms with E-state index in [9.17, 15) is 14.9 Å². The van der Waals surface area contributed by atoms with E-state index in [4.69, 9.17) is 0 Å². The number of piperidine rings is 1. The van der Waals surface area contributed by atoms with Crippen molar-refractivity contribution in [3.63, 3.8) is 0 Å². The molecule has 1 aliphatic heterocycles. The number of nitriles is 1. The predicted molar refractivity (Wildman–Crippen MR) is 112 cm³/mol. The van der Waals surface area contributed by atoms with Crippen molar-refractivity contribution in [2.45, 2.75) is 57.9 Å². The quantitative estimate of drug-likeness (QED) is 0.511. The van der Waals surface area contributed by atoms with Gasteiger partial charge in [0.05, 0.1) is 6.04 Å². The molecule has 1 atom stereocenters. The minimum atomic E-state index is -0.456. The number of aryl methyl sites for hydroxylation is 2. The van der Waals surface area contributed by atoms with Crippen LogP contribution in [0.25, 0.3) is 0 Å². The Labute approximate surface area is 172 Å². The van der Waals surface area contributed by atoms with E-state index in [1.54, 1.807) is 0 Å². The minimum Gasteiger partial charge on any atom is -0.345 e. The van der Waals surface area contributed by atoms with Gasteiger partial charge in [0.25, 0.3) is 5.91 Å². The Hall–Kier alpha value is -2.65. The van der Waals surface area contributed by atoms with Crippen molar-refractivity contribution in [3.8, 4) is 6.07 Å². The first-order valence-electron chi connectivity index (χ1n) is 10.7. The highest BCUT2D eigenvalue weighted by atomic mass is 16.2. The molecule has 0 bridgehead atoms. The van der Waals surface area contributed by atoms with Crippen LogP contribution >= 0.6 is 0 Å². The molecule has 29 heavy (non-hydrogen) atoms. The Morgan fingerprint density at radius 1 is 1.24 bits per heavy atom. The molecule has 1 fully saturated rings. The van der Waals surface area contributed by atoms with Gasteiger partial charge in [-0.2, -0.15) is 5.26 Å². The van der Waals surface area contributed by atoms with Gasteiger partial charge in [-0.05, 0) is 74.7 Å². The Morgan fingerprint density at radius 3 is 2.66 bits per heavy atom. The zero-order valence-corrected chi connectivity index (χ0v) is 17.1. The van der Waals surface area contributed by atoms with Crippen LogP contribution in [0.1, 0.15) is 61.8 Å². The highest BCUT2D eigenvalue weighted by molar-refractivity contribution is 5.98. The van der Waals surface area contributed by atoms with Crippen LogP contribution in [0.2, 0.25) is 0 Å². The van der Waals surface area contributed by atoms with Crippen LogP contribution in [0.5, 0.6) is 0 Å². The van der Waals surface area contributed by atoms with Gasteiger partial charge in [0, 0.05) is 12.1 Å². The third-order valence-electron chi connectivity index (χ3n) is 5.92. The van der Waals surface area contributed by atoms with E-state index in [1.807, 2.05) is 13.0 Å². The van der Waals surface area contributed by atoms with E-state index in [0.717, 1.165) is 50.8 Å². The van der Waals surface area contributed by atoms with Crippen molar-refractivity contribution in [2.75, 3.05) is 13.1 Å². The maximum atomic E-state index is 12.6. The summed E-state index contributed by atoms with van der Waals surface area (Å²) in [6, 6.07) is 8.19. The SMILES string of the molecule is CCC(NC(=O)/C(C#N)=C\NC(=O)C1CCNCC1)c1ccc2c(c1)CCCC2. The summed E-state index contributed by atoms with van der Waals surface area (Å²) < 4.78 is 0. The van der Waals surface area contributed by atoms with Crippen molar-refractivity contribution in [1.29, 1.82) is 5.26 Å². The van der Waals surface area contributed by atoms with Gasteiger partial charge in [-0.1, -0.05) is 25.1 Å². The first kappa shape index (κ1) is 21.1. The normalized spacial score (nSPS) is 18.3. The van der Waals surface area contributed by atoms with Gasteiger partial charge in [-0.3, -0.25) is 9.59 Å². The summed E-state index contributed by atoms with van der Waals surface area (Å²) >= 11 is 0. The summed E-state index contributed by atoms with van der Waals surface area (Å²) in [4.78, 5) is 24.9. The van der Waals surface area contributed by atoms with Gasteiger partial charge in [-0.25, -0.2) is 0 Å². The molecule has 1 aromatic carbocycles. The number of rotatable bonds is 6. The number of hydrogen-bond donors (Lipinski definition) is 3. The van der Waals surface area contributed by atoms with Crippen molar-refractivity contribution in [2.24, 2.45) is 5.92 Å². The van der Waals surface area contributed by atoms with Crippen LogP contribution in [0.4, 0.5) is 0 Å². The van der Waals surface area contributed by atoms with Gasteiger partial charge in [0.1, 0.15) is 11.6 Å². The zero-order chi connectivity index (χ0) is 20.6. The monoisotopic (exact) mass is 394 g/mol. The molecule has 6 nitrogen and oxygen atoms in total. The van der Waals surface area contributed by atoms with Crippen LogP contribution in [-0.2, 0) is 22.4 Å². The summed E-state index contributed by atoms with van der Waals surface area (Å²) in [6.45, 7) is 3.64. The van der Waals surface area contributed by atoms with Gasteiger partial charge >= 0.3 is 0 Å². The van der Waals surface area contributed by atoms with Crippen LogP contribution in [0.15, 0.2) is 30.0 Å². The lowest BCUT2D eigenvalue weighted by Gasteiger charge is -2.22. The Bertz CT molecular complexity index is 819. The van der Waals surface area contributed by atoms with Crippen LogP contribution in [-0.4, -0.2) is 24.9 Å². The molecule has 1 unspecified atom stereocenters. The van der Waals surface area contributed by atoms with Gasteiger partial charge < -0.3 is 16.0 Å². The van der Waals surface area contributed by atoms with E-state index >= 15 is 0 Å². The number of benzene rings is 1. The molecule has 3 N–H and O–H groups in total. The summed E-state index contributed by atoms with van der Waals surface area (Å²) in [5, 5.41) is 18.2. The number of hydrogen-bond acceptors (Lipinski definition) is 4. The largest absolute Gasteiger partial charge is 0.345 e. The van der Waals surface area contributed by atoms with Crippen molar-refractivity contribution in [3.05, 3.63) is 46.7 Å². The molecule has 0 saturated carbocycles. The second-order valence-corrected chi connectivity index (χ2v) is 7.87. The van der Waals surface area contributed by atoms with Crippen molar-refractivity contribution < 1.29 is 9.59 Å². The molecule has 154 valence electrons. The van der Waals surface area contributed by atoms with Crippen LogP contribution in [0.3, 0.4) is 0 Å². The standard InChI is InChI=1S/C23H30N4O2/c1-2-21(19-8-7-16-5-3-4-6-18(16)13-19)27-23(29)20(14-24)15-26-22(28)17-9-11-25-12-10-17/h7-8,13,15,17,21,25H,2-6,9-12H2,1H3,(H,26,28)(H,27,29)/b20-15-. The third-order valence-corrected chi connectivity index (χ3v) is 5.92. The molecule has 0 spiro atoms. The molecule has 1 aromatic rings. The minimum absolute atomic E-state index is 0.0746. The van der Waals surface area contributed by atoms with Crippen molar-refractivity contribution in [1.82, 2.24) is 16.0 Å². The topological polar surface area (TPSA) is 94.0 Å². The molecule has 3 rings (SSSR count). The van der Waals surface area contributed by atoms with Gasteiger partial charge in [0.15, 0.2) is 0 Å². The number of carbonyl (C=O) groups excluding carboxylic acids is 2. The smallest absolute Gasteiger partial charge is 0.263 e. The molecule has 1 saturated heterocycles. The maximum Gasteiger partial charge on any atom is 0.263 e. The first-order valence-corrected chi connectivity index (χ1v) is 10.7. The maximum absolute atomic E-state index is 12.6. The zero-order valence-electron chi connectivity index (χ0n) is 17.1. The fourth-order valence-corrected chi connectivity index (χ4v) is 4.12. The third kappa shape index (κ3) is 5.45. The lowest BCUT2D eigenvalue weighted by Crippen LogP contribution is -2.37. The second-order valence-electron chi connectivity index (χ2n) is 7.87. The van der Waals surface area contributed by atoms with Crippen LogP contribution < -0.4 is 16.0 Å². The number of carbonyl (C=O) groups is 2. The molecular formula is C23H30N4O2. The van der Waals surface area contributed by atoms with E-state index in [2.05, 4.69) is 34.1 Å². The summed E-state index contributed by atoms with van der Waals surface area (Å²) in [5.74, 6) is -0.661. The Balaban J connectivity index is 1.64. The molecule has 6 heteroatoms. The van der Waals surface area contributed by atoms with E-state index in [0.29, 0.717) is 0 Å². The van der Waals surface area contributed by atoms with Crippen molar-refractivity contribution >= 4 is 11.8 Å². The predicted octanol–water partition coefficient (Wildman–Crippen LogP) is 2.66. The van der Waals surface area contributed by atoms with Gasteiger partial charge in [0.2, 0.25) is 5.91 Å². The number of amides is 2.